The molecule has 3 nitrogen and oxygen atoms in total. The number of rotatable bonds is 6. The van der Waals surface area contributed by atoms with E-state index in [4.69, 9.17) is 0 Å². The Morgan fingerprint density at radius 3 is 2.35 bits per heavy atom. The Balaban J connectivity index is 0.00000132. The normalized spacial score (nSPS) is 48.4. The average molecular weight is 435 g/mol. The van der Waals surface area contributed by atoms with Gasteiger partial charge in [-0.25, -0.2) is 0 Å². The first-order valence-corrected chi connectivity index (χ1v) is 13.5. The third kappa shape index (κ3) is 3.94. The van der Waals surface area contributed by atoms with E-state index in [9.17, 15) is 15.0 Å². The van der Waals surface area contributed by atoms with Crippen LogP contribution < -0.4 is 0 Å². The molecule has 4 rings (SSSR count). The first-order valence-electron chi connectivity index (χ1n) is 13.5. The topological polar surface area (TPSA) is 57.5 Å². The predicted octanol–water partition coefficient (Wildman–Crippen LogP) is 6.40. The maximum atomic E-state index is 12.4. The van der Waals surface area contributed by atoms with Crippen LogP contribution in [0.25, 0.3) is 0 Å². The summed E-state index contributed by atoms with van der Waals surface area (Å²) < 4.78 is 0. The highest BCUT2D eigenvalue weighted by atomic mass is 16.3. The standard InChI is InChI=1S/C26H44O3.C2H6/c1-17(2)7-5-6-8-18-9-10-20-23-21(12-13-24(18,20)3)25(4)14-11-19(28)15-26(25,29)22(23)16-27;1-2/h16-23,28-29H,5-15H2,1-4H3;1-2H3/t18-,19-,20?,21?,22+,23?,24?,25+,26+;/m0./s1. The molecule has 0 bridgehead atoms. The van der Waals surface area contributed by atoms with E-state index in [0.29, 0.717) is 29.6 Å². The van der Waals surface area contributed by atoms with Crippen LogP contribution in [-0.2, 0) is 4.79 Å². The molecule has 9 atom stereocenters. The van der Waals surface area contributed by atoms with Crippen LogP contribution in [0.2, 0.25) is 0 Å². The fourth-order valence-corrected chi connectivity index (χ4v) is 8.89. The molecule has 4 aliphatic carbocycles. The Hall–Kier alpha value is -0.410. The van der Waals surface area contributed by atoms with Crippen LogP contribution in [0.3, 0.4) is 0 Å². The highest BCUT2D eigenvalue weighted by molar-refractivity contribution is 5.59. The third-order valence-corrected chi connectivity index (χ3v) is 10.6. The van der Waals surface area contributed by atoms with Crippen LogP contribution in [0.5, 0.6) is 0 Å². The van der Waals surface area contributed by atoms with Gasteiger partial charge in [0, 0.05) is 17.8 Å². The van der Waals surface area contributed by atoms with E-state index in [1.54, 1.807) is 0 Å². The SMILES string of the molecule is CC.CC(C)CCCC[C@H]1CCC2C3C(CCC21C)[C@@]1(C)CC[C@H](O)C[C@@]1(O)[C@@H]3C=O. The fourth-order valence-electron chi connectivity index (χ4n) is 8.89. The summed E-state index contributed by atoms with van der Waals surface area (Å²) in [4.78, 5) is 12.4. The molecule has 4 saturated carbocycles. The number of carbonyl (C=O) groups is 1. The highest BCUT2D eigenvalue weighted by Crippen LogP contribution is 2.72. The Labute approximate surface area is 191 Å². The largest absolute Gasteiger partial charge is 0.393 e. The summed E-state index contributed by atoms with van der Waals surface area (Å²) in [6.45, 7) is 13.4. The lowest BCUT2D eigenvalue weighted by atomic mass is 9.54. The van der Waals surface area contributed by atoms with E-state index in [0.717, 1.165) is 37.4 Å². The van der Waals surface area contributed by atoms with Gasteiger partial charge in [-0.05, 0) is 80.0 Å². The van der Waals surface area contributed by atoms with Gasteiger partial charge in [-0.3, -0.25) is 0 Å². The summed E-state index contributed by atoms with van der Waals surface area (Å²) in [5, 5.41) is 22.2. The Kier molecular flexibility index (Phi) is 7.69. The van der Waals surface area contributed by atoms with Crippen LogP contribution in [-0.4, -0.2) is 28.2 Å². The van der Waals surface area contributed by atoms with Crippen molar-refractivity contribution in [2.75, 3.05) is 0 Å². The molecule has 0 aromatic rings. The predicted molar refractivity (Wildman–Crippen MR) is 128 cm³/mol. The van der Waals surface area contributed by atoms with Crippen molar-refractivity contribution in [3.05, 3.63) is 0 Å². The molecule has 0 radical (unpaired) electrons. The number of hydrogen-bond acceptors (Lipinski definition) is 3. The van der Waals surface area contributed by atoms with E-state index in [2.05, 4.69) is 27.7 Å². The molecule has 0 saturated heterocycles. The lowest BCUT2D eigenvalue weighted by Crippen LogP contribution is -2.54. The summed E-state index contributed by atoms with van der Waals surface area (Å²) >= 11 is 0. The van der Waals surface area contributed by atoms with Crippen molar-refractivity contribution in [3.8, 4) is 0 Å². The molecule has 0 amide bonds. The molecule has 0 aromatic carbocycles. The van der Waals surface area contributed by atoms with Crippen molar-refractivity contribution in [2.45, 2.75) is 124 Å². The molecule has 0 spiro atoms. The molecule has 3 heteroatoms. The van der Waals surface area contributed by atoms with Gasteiger partial charge in [-0.1, -0.05) is 60.8 Å². The van der Waals surface area contributed by atoms with Crippen LogP contribution in [0.4, 0.5) is 0 Å². The van der Waals surface area contributed by atoms with Crippen molar-refractivity contribution < 1.29 is 15.0 Å². The van der Waals surface area contributed by atoms with Gasteiger partial charge in [0.05, 0.1) is 11.7 Å². The van der Waals surface area contributed by atoms with E-state index < -0.39 is 11.7 Å². The first kappa shape index (κ1) is 25.2. The maximum Gasteiger partial charge on any atom is 0.126 e. The summed E-state index contributed by atoms with van der Waals surface area (Å²) in [5.74, 6) is 2.60. The maximum absolute atomic E-state index is 12.4. The minimum absolute atomic E-state index is 0.209. The molecular weight excluding hydrogens is 384 g/mol. The second-order valence-corrected chi connectivity index (χ2v) is 12.2. The van der Waals surface area contributed by atoms with Crippen LogP contribution in [0.15, 0.2) is 0 Å². The first-order chi connectivity index (χ1) is 14.7. The Morgan fingerprint density at radius 1 is 1.00 bits per heavy atom. The zero-order chi connectivity index (χ0) is 23.0. The molecule has 31 heavy (non-hydrogen) atoms. The fraction of sp³-hybridized carbons (Fsp3) is 0.964. The second kappa shape index (κ2) is 9.45. The molecule has 2 N–H and O–H groups in total. The average Bonchev–Trinajstić information content (AvgIpc) is 3.15. The van der Waals surface area contributed by atoms with E-state index in [-0.39, 0.29) is 11.3 Å². The van der Waals surface area contributed by atoms with Gasteiger partial charge in [-0.15, -0.1) is 0 Å². The second-order valence-electron chi connectivity index (χ2n) is 12.2. The Bertz CT molecular complexity index is 617. The minimum Gasteiger partial charge on any atom is -0.393 e. The summed E-state index contributed by atoms with van der Waals surface area (Å²) in [6, 6.07) is 0. The smallest absolute Gasteiger partial charge is 0.126 e. The van der Waals surface area contributed by atoms with Gasteiger partial charge in [0.15, 0.2) is 0 Å². The molecule has 180 valence electrons. The highest BCUT2D eigenvalue weighted by Gasteiger charge is 2.71. The summed E-state index contributed by atoms with van der Waals surface area (Å²) in [7, 11) is 0. The van der Waals surface area contributed by atoms with Crippen molar-refractivity contribution in [1.29, 1.82) is 0 Å². The van der Waals surface area contributed by atoms with Gasteiger partial charge in [0.1, 0.15) is 6.29 Å². The molecule has 0 aliphatic heterocycles. The van der Waals surface area contributed by atoms with Gasteiger partial charge >= 0.3 is 0 Å². The van der Waals surface area contributed by atoms with Crippen molar-refractivity contribution in [2.24, 2.45) is 46.3 Å². The number of aldehydes is 1. The molecular formula is C28H50O3. The van der Waals surface area contributed by atoms with Crippen molar-refractivity contribution >= 4 is 6.29 Å². The van der Waals surface area contributed by atoms with Crippen LogP contribution >= 0.6 is 0 Å². The third-order valence-electron chi connectivity index (χ3n) is 10.6. The molecule has 0 heterocycles. The Morgan fingerprint density at radius 2 is 1.71 bits per heavy atom. The number of unbranched alkanes of at least 4 members (excludes halogenated alkanes) is 1. The molecule has 4 aliphatic rings. The van der Waals surface area contributed by atoms with E-state index >= 15 is 0 Å². The molecule has 4 unspecified atom stereocenters. The summed E-state index contributed by atoms with van der Waals surface area (Å²) in [6.07, 6.45) is 12.9. The number of fused-ring (bicyclic) bond motifs is 5. The zero-order valence-corrected chi connectivity index (χ0v) is 21.2. The van der Waals surface area contributed by atoms with Crippen LogP contribution in [0, 0.1) is 46.3 Å². The lowest BCUT2D eigenvalue weighted by Gasteiger charge is -2.52. The number of aliphatic hydroxyl groups is 2. The zero-order valence-electron chi connectivity index (χ0n) is 21.2. The van der Waals surface area contributed by atoms with Crippen LogP contribution in [0.1, 0.15) is 112 Å². The van der Waals surface area contributed by atoms with Gasteiger partial charge in [-0.2, -0.15) is 0 Å². The van der Waals surface area contributed by atoms with Gasteiger partial charge in [0.25, 0.3) is 0 Å². The molecule has 4 fully saturated rings. The number of carbonyl (C=O) groups excluding carboxylic acids is 1. The number of hydrogen-bond donors (Lipinski definition) is 2. The number of aliphatic hydroxyl groups excluding tert-OH is 1. The quantitative estimate of drug-likeness (QED) is 0.376. The van der Waals surface area contributed by atoms with Gasteiger partial charge in [0.2, 0.25) is 0 Å². The van der Waals surface area contributed by atoms with Crippen molar-refractivity contribution in [3.63, 3.8) is 0 Å². The monoisotopic (exact) mass is 434 g/mol. The summed E-state index contributed by atoms with van der Waals surface area (Å²) in [5.41, 5.74) is -0.888. The minimum atomic E-state index is -1.01. The van der Waals surface area contributed by atoms with Crippen molar-refractivity contribution in [1.82, 2.24) is 0 Å². The van der Waals surface area contributed by atoms with E-state index in [1.165, 1.54) is 44.9 Å². The van der Waals surface area contributed by atoms with Gasteiger partial charge < -0.3 is 15.0 Å². The lowest BCUT2D eigenvalue weighted by molar-refractivity contribution is -0.156. The van der Waals surface area contributed by atoms with E-state index in [1.807, 2.05) is 13.8 Å². The molecule has 0 aromatic heterocycles.